The summed E-state index contributed by atoms with van der Waals surface area (Å²) >= 11 is 2.39. The van der Waals surface area contributed by atoms with E-state index in [1.807, 2.05) is 0 Å². The molecule has 0 aromatic carbocycles. The second kappa shape index (κ2) is 3.48. The number of halogens is 1. The lowest BCUT2D eigenvalue weighted by Gasteiger charge is -2.31. The molecule has 1 aliphatic rings. The van der Waals surface area contributed by atoms with E-state index in [4.69, 9.17) is 0 Å². The molecule has 0 bridgehead atoms. The van der Waals surface area contributed by atoms with Gasteiger partial charge in [-0.3, -0.25) is 14.8 Å². The molecule has 1 fully saturated rings. The lowest BCUT2D eigenvalue weighted by molar-refractivity contribution is -0.385. The fourth-order valence-electron chi connectivity index (χ4n) is 1.68. The fraction of sp³-hybridized carbons (Fsp3) is 0.625. The van der Waals surface area contributed by atoms with Gasteiger partial charge in [0.05, 0.1) is 11.0 Å². The van der Waals surface area contributed by atoms with Gasteiger partial charge in [0.1, 0.15) is 11.9 Å². The summed E-state index contributed by atoms with van der Waals surface area (Å²) in [5.41, 5.74) is 0.796. The van der Waals surface area contributed by atoms with Crippen molar-refractivity contribution >= 4 is 28.3 Å². The molecule has 0 aliphatic heterocycles. The third-order valence-corrected chi connectivity index (χ3v) is 3.63. The summed E-state index contributed by atoms with van der Waals surface area (Å²) < 4.78 is 2.48. The zero-order valence-electron chi connectivity index (χ0n) is 7.68. The second-order valence-corrected chi connectivity index (χ2v) is 5.30. The average Bonchev–Trinajstić information content (AvgIpc) is 2.41. The Balaban J connectivity index is 2.23. The van der Waals surface area contributed by atoms with E-state index in [0.717, 1.165) is 12.8 Å². The predicted molar refractivity (Wildman–Crippen MR) is 59.7 cm³/mol. The number of aromatic nitrogens is 2. The molecule has 0 saturated heterocycles. The molecule has 14 heavy (non-hydrogen) atoms. The van der Waals surface area contributed by atoms with Crippen LogP contribution in [0.4, 0.5) is 5.69 Å². The lowest BCUT2D eigenvalue weighted by Crippen LogP contribution is -2.28. The number of rotatable bonds is 2. The SMILES string of the molecule is Cc1c([N+](=O)[O-])cnn1C1CC(I)C1. The van der Waals surface area contributed by atoms with E-state index in [0.29, 0.717) is 15.7 Å². The zero-order chi connectivity index (χ0) is 10.3. The maximum Gasteiger partial charge on any atom is 0.309 e. The molecule has 0 spiro atoms. The number of nitro groups is 1. The van der Waals surface area contributed by atoms with Crippen LogP contribution in [0, 0.1) is 17.0 Å². The van der Waals surface area contributed by atoms with Crippen LogP contribution in [0.25, 0.3) is 0 Å². The number of nitrogens with zero attached hydrogens (tertiary/aromatic N) is 3. The molecule has 1 heterocycles. The maximum atomic E-state index is 10.6. The Morgan fingerprint density at radius 3 is 2.79 bits per heavy atom. The largest absolute Gasteiger partial charge is 0.309 e. The average molecular weight is 307 g/mol. The van der Waals surface area contributed by atoms with Gasteiger partial charge >= 0.3 is 5.69 Å². The van der Waals surface area contributed by atoms with Crippen LogP contribution >= 0.6 is 22.6 Å². The van der Waals surface area contributed by atoms with Gasteiger partial charge in [0.15, 0.2) is 0 Å². The summed E-state index contributed by atoms with van der Waals surface area (Å²) in [6, 6.07) is 0.366. The predicted octanol–water partition coefficient (Wildman–Crippen LogP) is 2.24. The van der Waals surface area contributed by atoms with Crippen molar-refractivity contribution in [3.8, 4) is 0 Å². The van der Waals surface area contributed by atoms with E-state index in [9.17, 15) is 10.1 Å². The van der Waals surface area contributed by atoms with Gasteiger partial charge in [0.2, 0.25) is 0 Å². The van der Waals surface area contributed by atoms with Gasteiger partial charge in [-0.05, 0) is 19.8 Å². The van der Waals surface area contributed by atoms with E-state index in [-0.39, 0.29) is 10.6 Å². The lowest BCUT2D eigenvalue weighted by atomic mass is 9.93. The van der Waals surface area contributed by atoms with Gasteiger partial charge in [-0.2, -0.15) is 5.10 Å². The Bertz CT molecular complexity index is 371. The summed E-state index contributed by atoms with van der Waals surface area (Å²) in [4.78, 5) is 10.2. The van der Waals surface area contributed by atoms with Crippen molar-refractivity contribution in [2.45, 2.75) is 29.7 Å². The van der Waals surface area contributed by atoms with E-state index < -0.39 is 0 Å². The van der Waals surface area contributed by atoms with Gasteiger partial charge < -0.3 is 0 Å². The first kappa shape index (κ1) is 9.88. The summed E-state index contributed by atoms with van der Waals surface area (Å²) in [6.45, 7) is 1.76. The van der Waals surface area contributed by atoms with Crippen molar-refractivity contribution < 1.29 is 4.92 Å². The van der Waals surface area contributed by atoms with Crippen molar-refractivity contribution in [1.82, 2.24) is 9.78 Å². The summed E-state index contributed by atoms with van der Waals surface area (Å²) in [5.74, 6) is 0. The zero-order valence-corrected chi connectivity index (χ0v) is 9.84. The first-order valence-corrected chi connectivity index (χ1v) is 5.66. The normalized spacial score (nSPS) is 25.9. The van der Waals surface area contributed by atoms with E-state index >= 15 is 0 Å². The van der Waals surface area contributed by atoms with Crippen molar-refractivity contribution in [3.05, 3.63) is 22.0 Å². The first-order valence-electron chi connectivity index (χ1n) is 4.42. The fourth-order valence-corrected chi connectivity index (χ4v) is 2.86. The smallest absolute Gasteiger partial charge is 0.260 e. The van der Waals surface area contributed by atoms with Crippen LogP contribution in [-0.2, 0) is 0 Å². The minimum atomic E-state index is -0.376. The molecule has 0 unspecified atom stereocenters. The quantitative estimate of drug-likeness (QED) is 0.364. The Hall–Kier alpha value is -0.660. The summed E-state index contributed by atoms with van der Waals surface area (Å²) in [5, 5.41) is 14.6. The summed E-state index contributed by atoms with van der Waals surface area (Å²) in [6.07, 6.45) is 3.48. The molecular weight excluding hydrogens is 297 g/mol. The third kappa shape index (κ3) is 1.51. The Morgan fingerprint density at radius 2 is 2.36 bits per heavy atom. The molecule has 76 valence electrons. The van der Waals surface area contributed by atoms with Crippen molar-refractivity contribution in [2.75, 3.05) is 0 Å². The van der Waals surface area contributed by atoms with Crippen LogP contribution in [0.2, 0.25) is 0 Å². The molecule has 1 aromatic heterocycles. The molecule has 0 amide bonds. The van der Waals surface area contributed by atoms with Crippen LogP contribution in [0.15, 0.2) is 6.20 Å². The van der Waals surface area contributed by atoms with Gasteiger partial charge in [0, 0.05) is 3.92 Å². The molecule has 1 aliphatic carbocycles. The molecule has 0 atom stereocenters. The molecule has 2 rings (SSSR count). The van der Waals surface area contributed by atoms with Gasteiger partial charge in [-0.1, -0.05) is 22.6 Å². The standard InChI is InChI=1S/C8H10IN3O2/c1-5-8(12(13)14)4-10-11(5)7-2-6(9)3-7/h4,6-7H,2-3H2,1H3. The minimum Gasteiger partial charge on any atom is -0.260 e. The van der Waals surface area contributed by atoms with Crippen molar-refractivity contribution in [1.29, 1.82) is 0 Å². The van der Waals surface area contributed by atoms with E-state index in [1.54, 1.807) is 11.6 Å². The molecular formula is C8H10IN3O2. The molecule has 1 aromatic rings. The number of alkyl halides is 1. The van der Waals surface area contributed by atoms with E-state index in [1.165, 1.54) is 6.20 Å². The molecule has 0 N–H and O–H groups in total. The van der Waals surface area contributed by atoms with E-state index in [2.05, 4.69) is 27.7 Å². The van der Waals surface area contributed by atoms with Crippen LogP contribution in [0.1, 0.15) is 24.6 Å². The third-order valence-electron chi connectivity index (χ3n) is 2.62. The molecule has 1 saturated carbocycles. The topological polar surface area (TPSA) is 61.0 Å². The van der Waals surface area contributed by atoms with Crippen molar-refractivity contribution in [2.24, 2.45) is 0 Å². The highest BCUT2D eigenvalue weighted by Crippen LogP contribution is 2.38. The van der Waals surface area contributed by atoms with Crippen molar-refractivity contribution in [3.63, 3.8) is 0 Å². The Morgan fingerprint density at radius 1 is 1.71 bits per heavy atom. The van der Waals surface area contributed by atoms with Crippen LogP contribution in [0.5, 0.6) is 0 Å². The summed E-state index contributed by atoms with van der Waals surface area (Å²) in [7, 11) is 0. The van der Waals surface area contributed by atoms with Gasteiger partial charge in [0.25, 0.3) is 0 Å². The molecule has 6 heteroatoms. The van der Waals surface area contributed by atoms with Crippen LogP contribution in [-0.4, -0.2) is 18.6 Å². The highest BCUT2D eigenvalue weighted by molar-refractivity contribution is 14.1. The monoisotopic (exact) mass is 307 g/mol. The molecule has 0 radical (unpaired) electrons. The number of hydrogen-bond acceptors (Lipinski definition) is 3. The maximum absolute atomic E-state index is 10.6. The second-order valence-electron chi connectivity index (χ2n) is 3.54. The van der Waals surface area contributed by atoms with Gasteiger partial charge in [-0.25, -0.2) is 0 Å². The highest BCUT2D eigenvalue weighted by atomic mass is 127. The highest BCUT2D eigenvalue weighted by Gasteiger charge is 2.31. The first-order chi connectivity index (χ1) is 6.59. The minimum absolute atomic E-state index is 0.127. The van der Waals surface area contributed by atoms with Crippen LogP contribution < -0.4 is 0 Å². The van der Waals surface area contributed by atoms with Gasteiger partial charge in [-0.15, -0.1) is 0 Å². The Kier molecular flexibility index (Phi) is 2.46. The molecule has 5 nitrogen and oxygen atoms in total. The Labute approximate surface area is 94.8 Å². The number of hydrogen-bond donors (Lipinski definition) is 0. The van der Waals surface area contributed by atoms with Crippen LogP contribution in [0.3, 0.4) is 0 Å².